The number of nitrogens with zero attached hydrogens (tertiary/aromatic N) is 3. The largest absolute Gasteiger partial charge is 0.310 e. The van der Waals surface area contributed by atoms with Gasteiger partial charge in [0, 0.05) is 11.4 Å². The molecule has 0 saturated carbocycles. The molecule has 3 aromatic rings. The van der Waals surface area contributed by atoms with E-state index >= 15 is 0 Å². The molecule has 0 bridgehead atoms. The number of rotatable bonds is 4. The number of para-hydroxylation sites is 2. The molecule has 1 aliphatic rings. The summed E-state index contributed by atoms with van der Waals surface area (Å²) in [5.41, 5.74) is 9.13. The zero-order valence-corrected chi connectivity index (χ0v) is 20.3. The zero-order valence-electron chi connectivity index (χ0n) is 20.3. The smallest absolute Gasteiger partial charge is 0.132 e. The van der Waals surface area contributed by atoms with Crippen molar-refractivity contribution < 1.29 is 0 Å². The quantitative estimate of drug-likeness (QED) is 0.381. The number of nitriles is 2. The summed E-state index contributed by atoms with van der Waals surface area (Å²) in [5.74, 6) is 0. The summed E-state index contributed by atoms with van der Waals surface area (Å²) in [6.45, 7) is 8.72. The Morgan fingerprint density at radius 3 is 1.76 bits per heavy atom. The Morgan fingerprint density at radius 2 is 1.29 bits per heavy atom. The summed E-state index contributed by atoms with van der Waals surface area (Å²) in [4.78, 5) is 2.31. The molecule has 0 fully saturated rings. The van der Waals surface area contributed by atoms with Crippen molar-refractivity contribution in [1.29, 1.82) is 10.5 Å². The van der Waals surface area contributed by atoms with Crippen LogP contribution in [-0.4, -0.2) is 0 Å². The predicted octanol–water partition coefficient (Wildman–Crippen LogP) is 8.32. The molecule has 0 spiro atoms. The second-order valence-electron chi connectivity index (χ2n) is 9.78. The number of hydrogen-bond donors (Lipinski definition) is 0. The standard InChI is InChI=1S/C31H29N3/c1-22-15-24(25-17-26(27(20-32)21-33)19-31(3,4)18-25)16-23(2)30(22)34(28-11-7-5-8-12-28)29-13-9-6-10-14-29/h5-17H,18-19H2,1-4H3. The van der Waals surface area contributed by atoms with Crippen LogP contribution in [0, 0.1) is 41.9 Å². The third-order valence-corrected chi connectivity index (χ3v) is 6.35. The molecule has 0 saturated heterocycles. The van der Waals surface area contributed by atoms with Crippen LogP contribution in [0.25, 0.3) is 5.57 Å². The van der Waals surface area contributed by atoms with Gasteiger partial charge in [0.1, 0.15) is 17.7 Å². The Bertz CT molecular complexity index is 1270. The third kappa shape index (κ3) is 4.66. The summed E-state index contributed by atoms with van der Waals surface area (Å²) >= 11 is 0. The first-order chi connectivity index (χ1) is 16.3. The van der Waals surface area contributed by atoms with Crippen molar-refractivity contribution in [2.75, 3.05) is 4.90 Å². The van der Waals surface area contributed by atoms with E-state index in [1.165, 1.54) is 22.4 Å². The molecule has 3 heteroatoms. The topological polar surface area (TPSA) is 50.8 Å². The van der Waals surface area contributed by atoms with E-state index in [-0.39, 0.29) is 11.0 Å². The SMILES string of the molecule is Cc1cc(C2=CC(=C(C#N)C#N)CC(C)(C)C2)cc(C)c1N(c1ccccc1)c1ccccc1. The molecule has 168 valence electrons. The summed E-state index contributed by atoms with van der Waals surface area (Å²) in [6.07, 6.45) is 3.70. The average molecular weight is 444 g/mol. The molecule has 4 rings (SSSR count). The number of aryl methyl sites for hydroxylation is 2. The van der Waals surface area contributed by atoms with Gasteiger partial charge in [0.2, 0.25) is 0 Å². The monoisotopic (exact) mass is 443 g/mol. The van der Waals surface area contributed by atoms with Gasteiger partial charge in [-0.05, 0) is 96.3 Å². The zero-order chi connectivity index (χ0) is 24.3. The fraction of sp³-hybridized carbons (Fsp3) is 0.226. The van der Waals surface area contributed by atoms with Crippen molar-refractivity contribution in [3.8, 4) is 12.1 Å². The highest BCUT2D eigenvalue weighted by Crippen LogP contribution is 2.45. The Morgan fingerprint density at radius 1 is 0.794 bits per heavy atom. The molecule has 0 aliphatic heterocycles. The van der Waals surface area contributed by atoms with Crippen LogP contribution in [0.3, 0.4) is 0 Å². The lowest BCUT2D eigenvalue weighted by atomic mass is 9.72. The number of allylic oxidation sites excluding steroid dienone is 4. The molecule has 34 heavy (non-hydrogen) atoms. The van der Waals surface area contributed by atoms with Crippen LogP contribution in [0.5, 0.6) is 0 Å². The molecule has 0 heterocycles. The van der Waals surface area contributed by atoms with Crippen LogP contribution in [0.1, 0.15) is 43.4 Å². The normalized spacial score (nSPS) is 14.5. The Labute approximate surface area is 202 Å². The van der Waals surface area contributed by atoms with Crippen molar-refractivity contribution in [3.05, 3.63) is 107 Å². The first kappa shape index (κ1) is 23.1. The van der Waals surface area contributed by atoms with Crippen LogP contribution in [0.4, 0.5) is 17.1 Å². The van der Waals surface area contributed by atoms with Gasteiger partial charge in [0.15, 0.2) is 0 Å². The molecule has 0 atom stereocenters. The summed E-state index contributed by atoms with van der Waals surface area (Å²) in [7, 11) is 0. The summed E-state index contributed by atoms with van der Waals surface area (Å²) < 4.78 is 0. The highest BCUT2D eigenvalue weighted by Gasteiger charge is 2.28. The van der Waals surface area contributed by atoms with Crippen LogP contribution in [0.2, 0.25) is 0 Å². The molecule has 3 nitrogen and oxygen atoms in total. The van der Waals surface area contributed by atoms with Crippen LogP contribution in [0.15, 0.2) is 90.0 Å². The minimum absolute atomic E-state index is 0.0149. The molecule has 0 amide bonds. The number of benzene rings is 3. The first-order valence-electron chi connectivity index (χ1n) is 11.6. The van der Waals surface area contributed by atoms with Crippen molar-refractivity contribution in [2.45, 2.75) is 40.5 Å². The lowest BCUT2D eigenvalue weighted by Gasteiger charge is -2.33. The van der Waals surface area contributed by atoms with Gasteiger partial charge in [0.05, 0.1) is 5.69 Å². The van der Waals surface area contributed by atoms with Crippen molar-refractivity contribution >= 4 is 22.6 Å². The van der Waals surface area contributed by atoms with Gasteiger partial charge >= 0.3 is 0 Å². The minimum atomic E-state index is -0.0149. The maximum Gasteiger partial charge on any atom is 0.132 e. The third-order valence-electron chi connectivity index (χ3n) is 6.35. The maximum atomic E-state index is 9.44. The fourth-order valence-corrected chi connectivity index (χ4v) is 4.98. The van der Waals surface area contributed by atoms with E-state index in [0.717, 1.165) is 35.4 Å². The van der Waals surface area contributed by atoms with Crippen LogP contribution >= 0.6 is 0 Å². The molecular weight excluding hydrogens is 414 g/mol. The van der Waals surface area contributed by atoms with Gasteiger partial charge < -0.3 is 4.90 Å². The second kappa shape index (κ2) is 9.42. The fourth-order valence-electron chi connectivity index (χ4n) is 4.98. The van der Waals surface area contributed by atoms with E-state index in [1.54, 1.807) is 0 Å². The molecule has 0 N–H and O–H groups in total. The van der Waals surface area contributed by atoms with Gasteiger partial charge in [-0.1, -0.05) is 56.3 Å². The molecule has 3 aromatic carbocycles. The van der Waals surface area contributed by atoms with Gasteiger partial charge in [0.25, 0.3) is 0 Å². The minimum Gasteiger partial charge on any atom is -0.310 e. The highest BCUT2D eigenvalue weighted by molar-refractivity contribution is 5.83. The van der Waals surface area contributed by atoms with E-state index in [1.807, 2.05) is 12.1 Å². The average Bonchev–Trinajstić information content (AvgIpc) is 2.82. The Hall–Kier alpha value is -4.08. The molecule has 0 aromatic heterocycles. The van der Waals surface area contributed by atoms with Gasteiger partial charge in [-0.25, -0.2) is 0 Å². The maximum absolute atomic E-state index is 9.44. The highest BCUT2D eigenvalue weighted by atomic mass is 15.1. The predicted molar refractivity (Wildman–Crippen MR) is 140 cm³/mol. The van der Waals surface area contributed by atoms with Crippen molar-refractivity contribution in [2.24, 2.45) is 5.41 Å². The van der Waals surface area contributed by atoms with Gasteiger partial charge in [-0.15, -0.1) is 0 Å². The second-order valence-corrected chi connectivity index (χ2v) is 9.78. The van der Waals surface area contributed by atoms with Crippen LogP contribution < -0.4 is 4.90 Å². The van der Waals surface area contributed by atoms with E-state index < -0.39 is 0 Å². The lowest BCUT2D eigenvalue weighted by Crippen LogP contribution is -2.18. The summed E-state index contributed by atoms with van der Waals surface area (Å²) in [5, 5.41) is 18.9. The number of anilines is 3. The van der Waals surface area contributed by atoms with E-state index in [4.69, 9.17) is 0 Å². The molecule has 0 radical (unpaired) electrons. The molecule has 0 unspecified atom stereocenters. The van der Waals surface area contributed by atoms with Crippen LogP contribution in [-0.2, 0) is 0 Å². The van der Waals surface area contributed by atoms with E-state index in [2.05, 4.69) is 111 Å². The molecular formula is C31H29N3. The Balaban J connectivity index is 1.86. The van der Waals surface area contributed by atoms with Gasteiger partial charge in [-0.3, -0.25) is 0 Å². The lowest BCUT2D eigenvalue weighted by molar-refractivity contribution is 0.369. The first-order valence-corrected chi connectivity index (χ1v) is 11.6. The van der Waals surface area contributed by atoms with Crippen molar-refractivity contribution in [1.82, 2.24) is 0 Å². The Kier molecular flexibility index (Phi) is 6.40. The van der Waals surface area contributed by atoms with E-state index in [9.17, 15) is 10.5 Å². The van der Waals surface area contributed by atoms with Gasteiger partial charge in [-0.2, -0.15) is 10.5 Å². The van der Waals surface area contributed by atoms with E-state index in [0.29, 0.717) is 0 Å². The number of hydrogen-bond acceptors (Lipinski definition) is 3. The molecule has 1 aliphatic carbocycles. The summed E-state index contributed by atoms with van der Waals surface area (Å²) in [6, 6.07) is 29.5. The van der Waals surface area contributed by atoms with Crippen molar-refractivity contribution in [3.63, 3.8) is 0 Å².